The number of carbonyl (C=O) groups excluding carboxylic acids is 1. The molecule has 1 N–H and O–H groups in total. The van der Waals surface area contributed by atoms with Gasteiger partial charge in [-0.25, -0.2) is 4.79 Å². The molecule has 6 heteroatoms. The van der Waals surface area contributed by atoms with Gasteiger partial charge in [-0.05, 0) is 25.0 Å². The summed E-state index contributed by atoms with van der Waals surface area (Å²) < 4.78 is 10.7. The van der Waals surface area contributed by atoms with Crippen molar-refractivity contribution in [2.24, 2.45) is 0 Å². The number of amides is 2. The van der Waals surface area contributed by atoms with Gasteiger partial charge in [-0.15, -0.1) is 0 Å². The zero-order valence-electron chi connectivity index (χ0n) is 14.7. The van der Waals surface area contributed by atoms with E-state index in [1.807, 2.05) is 35.2 Å². The lowest BCUT2D eigenvalue weighted by Crippen LogP contribution is -2.41. The molecule has 0 bridgehead atoms. The standard InChI is InChI=1S/C19H25N3O3/c1-24-18-10-6-5-9-16(18)17-13-15(25-21-17)14-20-19(23)22-11-7-3-2-4-8-12-22/h5-6,9-10,13H,2-4,7-8,11-12,14H2,1H3,(H,20,23). The topological polar surface area (TPSA) is 67.6 Å². The Hall–Kier alpha value is -2.50. The number of methoxy groups -OCH3 is 1. The number of para-hydroxylation sites is 1. The number of nitrogens with zero attached hydrogens (tertiary/aromatic N) is 2. The van der Waals surface area contributed by atoms with Crippen LogP contribution in [-0.2, 0) is 6.54 Å². The van der Waals surface area contributed by atoms with E-state index in [-0.39, 0.29) is 6.03 Å². The summed E-state index contributed by atoms with van der Waals surface area (Å²) in [5.74, 6) is 1.37. The van der Waals surface area contributed by atoms with E-state index in [9.17, 15) is 4.79 Å². The molecule has 0 unspecified atom stereocenters. The number of likely N-dealkylation sites (tertiary alicyclic amines) is 1. The second-order valence-electron chi connectivity index (χ2n) is 6.29. The van der Waals surface area contributed by atoms with Crippen LogP contribution in [0, 0.1) is 0 Å². The van der Waals surface area contributed by atoms with Crippen molar-refractivity contribution in [2.75, 3.05) is 20.2 Å². The molecule has 6 nitrogen and oxygen atoms in total. The highest BCUT2D eigenvalue weighted by Gasteiger charge is 2.16. The summed E-state index contributed by atoms with van der Waals surface area (Å²) in [4.78, 5) is 14.2. The van der Waals surface area contributed by atoms with E-state index >= 15 is 0 Å². The molecule has 25 heavy (non-hydrogen) atoms. The molecule has 1 fully saturated rings. The first-order valence-corrected chi connectivity index (χ1v) is 8.89. The number of rotatable bonds is 4. The van der Waals surface area contributed by atoms with Crippen molar-refractivity contribution in [2.45, 2.75) is 38.6 Å². The average molecular weight is 343 g/mol. The fraction of sp³-hybridized carbons (Fsp3) is 0.474. The minimum Gasteiger partial charge on any atom is -0.496 e. The number of nitrogens with one attached hydrogen (secondary N) is 1. The minimum absolute atomic E-state index is 0.0304. The molecule has 134 valence electrons. The van der Waals surface area contributed by atoms with Gasteiger partial charge < -0.3 is 19.5 Å². The first kappa shape index (κ1) is 17.3. The van der Waals surface area contributed by atoms with Gasteiger partial charge in [-0.3, -0.25) is 0 Å². The van der Waals surface area contributed by atoms with Crippen LogP contribution in [0.25, 0.3) is 11.3 Å². The molecular weight excluding hydrogens is 318 g/mol. The van der Waals surface area contributed by atoms with Crippen molar-refractivity contribution in [3.63, 3.8) is 0 Å². The van der Waals surface area contributed by atoms with Crippen molar-refractivity contribution in [1.82, 2.24) is 15.4 Å². The molecule has 1 aliphatic rings. The third-order valence-electron chi connectivity index (χ3n) is 4.50. The zero-order chi connectivity index (χ0) is 17.5. The molecule has 3 rings (SSSR count). The van der Waals surface area contributed by atoms with Crippen LogP contribution >= 0.6 is 0 Å². The molecule has 1 aromatic heterocycles. The van der Waals surface area contributed by atoms with Crippen LogP contribution in [0.5, 0.6) is 5.75 Å². The lowest BCUT2D eigenvalue weighted by molar-refractivity contribution is 0.190. The van der Waals surface area contributed by atoms with Gasteiger partial charge in [0.15, 0.2) is 5.76 Å². The number of benzene rings is 1. The molecule has 0 spiro atoms. The van der Waals surface area contributed by atoms with Gasteiger partial charge in [0.05, 0.1) is 13.7 Å². The van der Waals surface area contributed by atoms with Crippen LogP contribution in [0.15, 0.2) is 34.9 Å². The average Bonchev–Trinajstić information content (AvgIpc) is 3.08. The first-order valence-electron chi connectivity index (χ1n) is 8.89. The minimum atomic E-state index is -0.0304. The maximum absolute atomic E-state index is 12.3. The summed E-state index contributed by atoms with van der Waals surface area (Å²) in [6.07, 6.45) is 5.84. The Kier molecular flexibility index (Phi) is 5.93. The maximum Gasteiger partial charge on any atom is 0.317 e. The summed E-state index contributed by atoms with van der Waals surface area (Å²) in [7, 11) is 1.63. The van der Waals surface area contributed by atoms with Crippen molar-refractivity contribution in [1.29, 1.82) is 0 Å². The number of urea groups is 1. The third-order valence-corrected chi connectivity index (χ3v) is 4.50. The van der Waals surface area contributed by atoms with Crippen LogP contribution in [0.4, 0.5) is 4.79 Å². The zero-order valence-corrected chi connectivity index (χ0v) is 14.7. The predicted molar refractivity (Wildman–Crippen MR) is 95.4 cm³/mol. The smallest absolute Gasteiger partial charge is 0.317 e. The van der Waals surface area contributed by atoms with E-state index in [4.69, 9.17) is 9.26 Å². The predicted octanol–water partition coefficient (Wildman–Crippen LogP) is 3.83. The molecule has 1 saturated heterocycles. The quantitative estimate of drug-likeness (QED) is 0.916. The lowest BCUT2D eigenvalue weighted by Gasteiger charge is -2.24. The molecule has 1 aromatic carbocycles. The van der Waals surface area contributed by atoms with Crippen LogP contribution in [0.3, 0.4) is 0 Å². The number of hydrogen-bond donors (Lipinski definition) is 1. The Balaban J connectivity index is 1.59. The van der Waals surface area contributed by atoms with Crippen molar-refractivity contribution >= 4 is 6.03 Å². The van der Waals surface area contributed by atoms with Gasteiger partial charge in [0.25, 0.3) is 0 Å². The lowest BCUT2D eigenvalue weighted by atomic mass is 10.1. The van der Waals surface area contributed by atoms with Gasteiger partial charge in [-0.2, -0.15) is 0 Å². The van der Waals surface area contributed by atoms with Crippen molar-refractivity contribution in [3.05, 3.63) is 36.1 Å². The van der Waals surface area contributed by atoms with Crippen LogP contribution in [0.1, 0.15) is 37.9 Å². The van der Waals surface area contributed by atoms with Gasteiger partial charge in [0, 0.05) is 24.7 Å². The molecule has 2 amide bonds. The Bertz CT molecular complexity index is 691. The van der Waals surface area contributed by atoms with E-state index in [0.717, 1.165) is 37.2 Å². The molecule has 0 aliphatic carbocycles. The highest BCUT2D eigenvalue weighted by molar-refractivity contribution is 5.74. The van der Waals surface area contributed by atoms with Gasteiger partial charge >= 0.3 is 6.03 Å². The third kappa shape index (κ3) is 4.53. The van der Waals surface area contributed by atoms with Crippen LogP contribution in [-0.4, -0.2) is 36.3 Å². The van der Waals surface area contributed by atoms with E-state index in [0.29, 0.717) is 18.0 Å². The Morgan fingerprint density at radius 2 is 1.92 bits per heavy atom. The van der Waals surface area contributed by atoms with Gasteiger partial charge in [0.2, 0.25) is 0 Å². The second kappa shape index (κ2) is 8.55. The van der Waals surface area contributed by atoms with Gasteiger partial charge in [-0.1, -0.05) is 36.6 Å². The second-order valence-corrected chi connectivity index (χ2v) is 6.29. The highest BCUT2D eigenvalue weighted by atomic mass is 16.5. The highest BCUT2D eigenvalue weighted by Crippen LogP contribution is 2.28. The molecule has 1 aliphatic heterocycles. The summed E-state index contributed by atoms with van der Waals surface area (Å²) >= 11 is 0. The number of hydrogen-bond acceptors (Lipinski definition) is 4. The van der Waals surface area contributed by atoms with E-state index in [1.54, 1.807) is 7.11 Å². The first-order chi connectivity index (χ1) is 12.3. The fourth-order valence-electron chi connectivity index (χ4n) is 3.10. The number of carbonyl (C=O) groups is 1. The molecule has 0 atom stereocenters. The van der Waals surface area contributed by atoms with Crippen molar-refractivity contribution in [3.8, 4) is 17.0 Å². The number of ether oxygens (including phenoxy) is 1. The molecule has 0 radical (unpaired) electrons. The largest absolute Gasteiger partial charge is 0.496 e. The molecular formula is C19H25N3O3. The Morgan fingerprint density at radius 1 is 1.20 bits per heavy atom. The van der Waals surface area contributed by atoms with E-state index in [1.165, 1.54) is 19.3 Å². The normalized spacial score (nSPS) is 15.3. The van der Waals surface area contributed by atoms with Crippen LogP contribution < -0.4 is 10.1 Å². The van der Waals surface area contributed by atoms with Crippen molar-refractivity contribution < 1.29 is 14.1 Å². The summed E-state index contributed by atoms with van der Waals surface area (Å²) in [5, 5.41) is 7.03. The maximum atomic E-state index is 12.3. The molecule has 2 aromatic rings. The monoisotopic (exact) mass is 343 g/mol. The fourth-order valence-corrected chi connectivity index (χ4v) is 3.10. The van der Waals surface area contributed by atoms with Gasteiger partial charge in [0.1, 0.15) is 11.4 Å². The van der Waals surface area contributed by atoms with E-state index < -0.39 is 0 Å². The SMILES string of the molecule is COc1ccccc1-c1cc(CNC(=O)N2CCCCCCC2)on1. The molecule has 0 saturated carbocycles. The van der Waals surface area contributed by atoms with Crippen LogP contribution in [0.2, 0.25) is 0 Å². The summed E-state index contributed by atoms with van der Waals surface area (Å²) in [6.45, 7) is 1.99. The number of aromatic nitrogens is 1. The Morgan fingerprint density at radius 3 is 2.68 bits per heavy atom. The van der Waals surface area contributed by atoms with E-state index in [2.05, 4.69) is 10.5 Å². The summed E-state index contributed by atoms with van der Waals surface area (Å²) in [6, 6.07) is 9.46. The Labute approximate surface area is 148 Å². The summed E-state index contributed by atoms with van der Waals surface area (Å²) in [5.41, 5.74) is 1.57. The molecule has 2 heterocycles.